The summed E-state index contributed by atoms with van der Waals surface area (Å²) in [5.41, 5.74) is 1.23. The van der Waals surface area contributed by atoms with Gasteiger partial charge in [0.2, 0.25) is 0 Å². The van der Waals surface area contributed by atoms with Gasteiger partial charge in [-0.3, -0.25) is 0 Å². The molecule has 3 rings (SSSR count). The van der Waals surface area contributed by atoms with E-state index in [1.165, 1.54) is 6.07 Å². The van der Waals surface area contributed by atoms with E-state index in [2.05, 4.69) is 4.98 Å². The molecule has 1 N–H and O–H groups in total. The zero-order chi connectivity index (χ0) is 15.2. The minimum absolute atomic E-state index is 0.142. The molecule has 2 aromatic rings. The van der Waals surface area contributed by atoms with Crippen molar-refractivity contribution in [2.75, 3.05) is 5.75 Å². The van der Waals surface area contributed by atoms with E-state index in [0.717, 1.165) is 0 Å². The Morgan fingerprint density at radius 2 is 2.24 bits per heavy atom. The van der Waals surface area contributed by atoms with Crippen LogP contribution in [0.15, 0.2) is 18.2 Å². The van der Waals surface area contributed by atoms with Crippen molar-refractivity contribution in [1.29, 1.82) is 0 Å². The molecule has 2 heterocycles. The summed E-state index contributed by atoms with van der Waals surface area (Å²) < 4.78 is 25.8. The maximum absolute atomic E-state index is 12.0. The molecule has 6 nitrogen and oxygen atoms in total. The Hall–Kier alpha value is -1.89. The quantitative estimate of drug-likeness (QED) is 0.930. The summed E-state index contributed by atoms with van der Waals surface area (Å²) in [6, 6.07) is 4.95. The Bertz CT molecular complexity index is 823. The standard InChI is InChI=1S/C14H16N2O4S/c1-9-15-13-11(14(17)18)5-2-6-12(13)16(9)8-10-4-3-7-21(10,19)20/h2,5-6,10H,3-4,7-8H2,1H3,(H,17,18). The van der Waals surface area contributed by atoms with Crippen molar-refractivity contribution < 1.29 is 18.3 Å². The molecule has 21 heavy (non-hydrogen) atoms. The van der Waals surface area contributed by atoms with E-state index in [9.17, 15) is 18.3 Å². The monoisotopic (exact) mass is 308 g/mol. The number of para-hydroxylation sites is 1. The Balaban J connectivity index is 2.09. The Labute approximate surface area is 122 Å². The minimum Gasteiger partial charge on any atom is -0.478 e. The van der Waals surface area contributed by atoms with Crippen LogP contribution in [-0.4, -0.2) is 40.0 Å². The number of benzene rings is 1. The Kier molecular flexibility index (Phi) is 3.24. The number of hydrogen-bond donors (Lipinski definition) is 1. The fraction of sp³-hybridized carbons (Fsp3) is 0.429. The number of sulfone groups is 1. The molecular formula is C14H16N2O4S. The smallest absolute Gasteiger partial charge is 0.337 e. The second-order valence-corrected chi connectivity index (χ2v) is 7.78. The fourth-order valence-corrected chi connectivity index (χ4v) is 4.74. The van der Waals surface area contributed by atoms with Gasteiger partial charge in [0.05, 0.1) is 22.1 Å². The summed E-state index contributed by atoms with van der Waals surface area (Å²) in [5.74, 6) is -0.150. The summed E-state index contributed by atoms with van der Waals surface area (Å²) >= 11 is 0. The summed E-state index contributed by atoms with van der Waals surface area (Å²) in [6.45, 7) is 2.11. The lowest BCUT2D eigenvalue weighted by Crippen LogP contribution is -2.22. The summed E-state index contributed by atoms with van der Waals surface area (Å²) in [4.78, 5) is 15.5. The number of fused-ring (bicyclic) bond motifs is 1. The molecular weight excluding hydrogens is 292 g/mol. The van der Waals surface area contributed by atoms with Crippen LogP contribution in [0.4, 0.5) is 0 Å². The van der Waals surface area contributed by atoms with Crippen LogP contribution >= 0.6 is 0 Å². The maximum atomic E-state index is 12.0. The highest BCUT2D eigenvalue weighted by Gasteiger charge is 2.32. The van der Waals surface area contributed by atoms with Gasteiger partial charge in [-0.1, -0.05) is 6.07 Å². The molecule has 1 aromatic heterocycles. The van der Waals surface area contributed by atoms with Crippen LogP contribution in [0.5, 0.6) is 0 Å². The summed E-state index contributed by atoms with van der Waals surface area (Å²) in [7, 11) is -3.04. The van der Waals surface area contributed by atoms with Gasteiger partial charge in [-0.15, -0.1) is 0 Å². The Morgan fingerprint density at radius 3 is 2.86 bits per heavy atom. The van der Waals surface area contributed by atoms with E-state index in [1.807, 2.05) is 4.57 Å². The van der Waals surface area contributed by atoms with Gasteiger partial charge in [0, 0.05) is 6.54 Å². The number of carboxylic acids is 1. The molecule has 0 radical (unpaired) electrons. The Morgan fingerprint density at radius 1 is 1.48 bits per heavy atom. The van der Waals surface area contributed by atoms with Crippen LogP contribution in [-0.2, 0) is 16.4 Å². The number of aromatic carboxylic acids is 1. The zero-order valence-electron chi connectivity index (χ0n) is 11.6. The highest BCUT2D eigenvalue weighted by Crippen LogP contribution is 2.26. The third-order valence-electron chi connectivity index (χ3n) is 4.05. The van der Waals surface area contributed by atoms with E-state index < -0.39 is 21.1 Å². The predicted octanol–water partition coefficient (Wildman–Crippen LogP) is 1.62. The molecule has 1 saturated heterocycles. The molecule has 0 spiro atoms. The number of aromatic nitrogens is 2. The van der Waals surface area contributed by atoms with Gasteiger partial charge in [0.25, 0.3) is 0 Å². The summed E-state index contributed by atoms with van der Waals surface area (Å²) in [5, 5.41) is 8.80. The number of carboxylic acid groups (broad SMARTS) is 1. The first-order valence-corrected chi connectivity index (χ1v) is 8.52. The van der Waals surface area contributed by atoms with Crippen molar-refractivity contribution in [2.24, 2.45) is 0 Å². The highest BCUT2D eigenvalue weighted by atomic mass is 32.2. The summed E-state index contributed by atoms with van der Waals surface area (Å²) in [6.07, 6.45) is 1.35. The average molecular weight is 308 g/mol. The van der Waals surface area contributed by atoms with E-state index in [4.69, 9.17) is 0 Å². The predicted molar refractivity (Wildman–Crippen MR) is 78.2 cm³/mol. The van der Waals surface area contributed by atoms with E-state index >= 15 is 0 Å². The lowest BCUT2D eigenvalue weighted by molar-refractivity contribution is 0.0699. The first-order valence-electron chi connectivity index (χ1n) is 6.81. The molecule has 0 amide bonds. The molecule has 1 aliphatic heterocycles. The maximum Gasteiger partial charge on any atom is 0.337 e. The van der Waals surface area contributed by atoms with Gasteiger partial charge in [0.15, 0.2) is 9.84 Å². The van der Waals surface area contributed by atoms with Crippen molar-refractivity contribution in [3.63, 3.8) is 0 Å². The molecule has 1 aliphatic rings. The minimum atomic E-state index is -3.04. The third-order valence-corrected chi connectivity index (χ3v) is 6.31. The fourth-order valence-electron chi connectivity index (χ4n) is 2.93. The molecule has 1 fully saturated rings. The van der Waals surface area contributed by atoms with Crippen LogP contribution in [0.25, 0.3) is 11.0 Å². The molecule has 1 atom stereocenters. The van der Waals surface area contributed by atoms with Gasteiger partial charge in [-0.2, -0.15) is 0 Å². The van der Waals surface area contributed by atoms with Crippen LogP contribution in [0, 0.1) is 6.92 Å². The van der Waals surface area contributed by atoms with Crippen LogP contribution in [0.1, 0.15) is 29.0 Å². The molecule has 112 valence electrons. The van der Waals surface area contributed by atoms with Crippen molar-refractivity contribution in [1.82, 2.24) is 9.55 Å². The number of aryl methyl sites for hydroxylation is 1. The van der Waals surface area contributed by atoms with Crippen molar-refractivity contribution >= 4 is 26.8 Å². The molecule has 0 aliphatic carbocycles. The topological polar surface area (TPSA) is 89.3 Å². The third kappa shape index (κ3) is 2.31. The van der Waals surface area contributed by atoms with Crippen LogP contribution < -0.4 is 0 Å². The van der Waals surface area contributed by atoms with Gasteiger partial charge < -0.3 is 9.67 Å². The number of imidazole rings is 1. The molecule has 1 unspecified atom stereocenters. The zero-order valence-corrected chi connectivity index (χ0v) is 12.4. The van der Waals surface area contributed by atoms with Crippen molar-refractivity contribution in [3.05, 3.63) is 29.6 Å². The molecule has 7 heteroatoms. The van der Waals surface area contributed by atoms with Crippen LogP contribution in [0.3, 0.4) is 0 Å². The average Bonchev–Trinajstić information content (AvgIpc) is 2.90. The van der Waals surface area contributed by atoms with E-state index in [-0.39, 0.29) is 11.3 Å². The lowest BCUT2D eigenvalue weighted by Gasteiger charge is -2.12. The molecule has 0 saturated carbocycles. The number of nitrogens with zero attached hydrogens (tertiary/aromatic N) is 2. The SMILES string of the molecule is Cc1nc2c(C(=O)O)cccc2n1CC1CCCS1(=O)=O. The second-order valence-electron chi connectivity index (χ2n) is 5.38. The number of rotatable bonds is 3. The highest BCUT2D eigenvalue weighted by molar-refractivity contribution is 7.92. The van der Waals surface area contributed by atoms with Gasteiger partial charge in [-0.05, 0) is 31.9 Å². The van der Waals surface area contributed by atoms with E-state index in [1.54, 1.807) is 19.1 Å². The number of carbonyl (C=O) groups is 1. The van der Waals surface area contributed by atoms with E-state index in [0.29, 0.717) is 36.2 Å². The van der Waals surface area contributed by atoms with Crippen molar-refractivity contribution in [3.8, 4) is 0 Å². The number of hydrogen-bond acceptors (Lipinski definition) is 4. The largest absolute Gasteiger partial charge is 0.478 e. The first kappa shape index (κ1) is 14.1. The van der Waals surface area contributed by atoms with Crippen LogP contribution in [0.2, 0.25) is 0 Å². The van der Waals surface area contributed by atoms with Gasteiger partial charge in [0.1, 0.15) is 11.3 Å². The van der Waals surface area contributed by atoms with Crippen molar-refractivity contribution in [2.45, 2.75) is 31.6 Å². The molecule has 0 bridgehead atoms. The first-order chi connectivity index (χ1) is 9.90. The van der Waals surface area contributed by atoms with Gasteiger partial charge in [-0.25, -0.2) is 18.2 Å². The molecule has 1 aromatic carbocycles. The van der Waals surface area contributed by atoms with Gasteiger partial charge >= 0.3 is 5.97 Å². The normalized spacial score (nSPS) is 20.9. The lowest BCUT2D eigenvalue weighted by atomic mass is 10.2. The second kappa shape index (κ2) is 4.84.